The molecule has 0 spiro atoms. The summed E-state index contributed by atoms with van der Waals surface area (Å²) >= 11 is 0. The first-order valence-electron chi connectivity index (χ1n) is 9.91. The molecule has 1 aromatic carbocycles. The molecule has 1 saturated carbocycles. The first kappa shape index (κ1) is 19.4. The van der Waals surface area contributed by atoms with Gasteiger partial charge in [0.15, 0.2) is 0 Å². The Hall–Kier alpha value is -1.40. The second kappa shape index (κ2) is 8.53. The molecule has 2 fully saturated rings. The Morgan fingerprint density at radius 3 is 2.19 bits per heavy atom. The van der Waals surface area contributed by atoms with E-state index >= 15 is 0 Å². The van der Waals surface area contributed by atoms with Crippen LogP contribution in [0.2, 0.25) is 0 Å². The Labute approximate surface area is 157 Å². The van der Waals surface area contributed by atoms with Gasteiger partial charge in [0.05, 0.1) is 4.90 Å². The number of benzene rings is 1. The van der Waals surface area contributed by atoms with Crippen molar-refractivity contribution < 1.29 is 13.2 Å². The van der Waals surface area contributed by atoms with Crippen LogP contribution in [0, 0.1) is 0 Å². The minimum absolute atomic E-state index is 0.0342. The molecule has 1 N–H and O–H groups in total. The number of rotatable bonds is 4. The third-order valence-corrected chi connectivity index (χ3v) is 7.68. The lowest BCUT2D eigenvalue weighted by atomic mass is 10.1. The van der Waals surface area contributed by atoms with Gasteiger partial charge in [0.25, 0.3) is 5.91 Å². The number of sulfonamides is 1. The van der Waals surface area contributed by atoms with Crippen molar-refractivity contribution in [2.75, 3.05) is 6.54 Å². The maximum atomic E-state index is 12.9. The van der Waals surface area contributed by atoms with Crippen molar-refractivity contribution in [2.24, 2.45) is 0 Å². The van der Waals surface area contributed by atoms with Crippen LogP contribution in [-0.4, -0.2) is 37.3 Å². The fourth-order valence-corrected chi connectivity index (χ4v) is 5.73. The van der Waals surface area contributed by atoms with Crippen molar-refractivity contribution in [2.45, 2.75) is 81.7 Å². The second-order valence-corrected chi connectivity index (χ2v) is 9.54. The van der Waals surface area contributed by atoms with Gasteiger partial charge in [0, 0.05) is 24.2 Å². The summed E-state index contributed by atoms with van der Waals surface area (Å²) in [5.41, 5.74) is 0.528. The van der Waals surface area contributed by atoms with Crippen LogP contribution in [0.3, 0.4) is 0 Å². The van der Waals surface area contributed by atoms with Gasteiger partial charge in [0.1, 0.15) is 0 Å². The normalized spacial score (nSPS) is 23.3. The number of carbonyl (C=O) groups is 1. The van der Waals surface area contributed by atoms with E-state index < -0.39 is 10.0 Å². The fourth-order valence-electron chi connectivity index (χ4n) is 4.03. The molecule has 144 valence electrons. The van der Waals surface area contributed by atoms with Crippen LogP contribution in [0.1, 0.15) is 75.1 Å². The van der Waals surface area contributed by atoms with E-state index in [2.05, 4.69) is 5.32 Å². The highest BCUT2D eigenvalue weighted by Gasteiger charge is 2.31. The molecule has 1 aliphatic carbocycles. The van der Waals surface area contributed by atoms with Crippen molar-refractivity contribution in [3.8, 4) is 0 Å². The van der Waals surface area contributed by atoms with E-state index in [0.717, 1.165) is 44.9 Å². The number of nitrogens with zero attached hydrogens (tertiary/aromatic N) is 1. The summed E-state index contributed by atoms with van der Waals surface area (Å²) < 4.78 is 27.3. The van der Waals surface area contributed by atoms with Gasteiger partial charge in [-0.25, -0.2) is 8.42 Å². The quantitative estimate of drug-likeness (QED) is 0.813. The van der Waals surface area contributed by atoms with Crippen LogP contribution >= 0.6 is 0 Å². The van der Waals surface area contributed by atoms with Gasteiger partial charge in [-0.05, 0) is 56.9 Å². The van der Waals surface area contributed by atoms with E-state index in [1.54, 1.807) is 28.6 Å². The van der Waals surface area contributed by atoms with Crippen molar-refractivity contribution in [1.82, 2.24) is 9.62 Å². The van der Waals surface area contributed by atoms with E-state index in [4.69, 9.17) is 0 Å². The molecule has 6 heteroatoms. The highest BCUT2D eigenvalue weighted by atomic mass is 32.2. The maximum absolute atomic E-state index is 12.9. The Morgan fingerprint density at radius 2 is 1.58 bits per heavy atom. The van der Waals surface area contributed by atoms with Crippen LogP contribution in [0.5, 0.6) is 0 Å². The molecule has 5 nitrogen and oxygen atoms in total. The molecule has 26 heavy (non-hydrogen) atoms. The standard InChI is InChI=1S/C20H30N2O3S/c1-16-8-6-7-15-22(16)26(24,25)19-13-11-17(12-14-19)20(23)21-18-9-4-2-3-5-10-18/h11-14,16,18H,2-10,15H2,1H3,(H,21,23)/t16-/m0/s1. The van der Waals surface area contributed by atoms with Crippen LogP contribution < -0.4 is 5.32 Å². The number of hydrogen-bond acceptors (Lipinski definition) is 3. The van der Waals surface area contributed by atoms with E-state index in [9.17, 15) is 13.2 Å². The van der Waals surface area contributed by atoms with Gasteiger partial charge >= 0.3 is 0 Å². The second-order valence-electron chi connectivity index (χ2n) is 7.65. The summed E-state index contributed by atoms with van der Waals surface area (Å²) in [6, 6.07) is 6.67. The van der Waals surface area contributed by atoms with Gasteiger partial charge < -0.3 is 5.32 Å². The minimum atomic E-state index is -3.48. The number of piperidine rings is 1. The predicted molar refractivity (Wildman–Crippen MR) is 103 cm³/mol. The van der Waals surface area contributed by atoms with Crippen LogP contribution in [0.15, 0.2) is 29.2 Å². The van der Waals surface area contributed by atoms with E-state index in [1.165, 1.54) is 12.8 Å². The number of carbonyl (C=O) groups excluding carboxylic acids is 1. The molecule has 0 radical (unpaired) electrons. The highest BCUT2D eigenvalue weighted by molar-refractivity contribution is 7.89. The summed E-state index contributed by atoms with van der Waals surface area (Å²) in [6.45, 7) is 2.54. The predicted octanol–water partition coefficient (Wildman–Crippen LogP) is 3.70. The zero-order valence-corrected chi connectivity index (χ0v) is 16.4. The summed E-state index contributed by atoms with van der Waals surface area (Å²) in [5.74, 6) is -0.104. The topological polar surface area (TPSA) is 66.5 Å². The Bertz CT molecular complexity index is 707. The average Bonchev–Trinajstić information content (AvgIpc) is 2.90. The summed E-state index contributed by atoms with van der Waals surface area (Å²) in [4.78, 5) is 12.7. The van der Waals surface area contributed by atoms with Crippen LogP contribution in [-0.2, 0) is 10.0 Å². The number of nitrogens with one attached hydrogen (secondary N) is 1. The Morgan fingerprint density at radius 1 is 0.962 bits per heavy atom. The fraction of sp³-hybridized carbons (Fsp3) is 0.650. The smallest absolute Gasteiger partial charge is 0.251 e. The highest BCUT2D eigenvalue weighted by Crippen LogP contribution is 2.25. The maximum Gasteiger partial charge on any atom is 0.251 e. The molecule has 3 rings (SSSR count). The summed E-state index contributed by atoms with van der Waals surface area (Å²) in [6.07, 6.45) is 9.77. The molecule has 1 atom stereocenters. The monoisotopic (exact) mass is 378 g/mol. The molecule has 2 aliphatic rings. The molecule has 1 saturated heterocycles. The molecular weight excluding hydrogens is 348 g/mol. The van der Waals surface area contributed by atoms with Gasteiger partial charge in [0.2, 0.25) is 10.0 Å². The first-order chi connectivity index (χ1) is 12.5. The van der Waals surface area contributed by atoms with Crippen LogP contribution in [0.25, 0.3) is 0 Å². The number of amides is 1. The third kappa shape index (κ3) is 4.46. The first-order valence-corrected chi connectivity index (χ1v) is 11.4. The molecule has 0 aromatic heterocycles. The summed E-state index contributed by atoms with van der Waals surface area (Å²) in [7, 11) is -3.48. The molecule has 1 aliphatic heterocycles. The lowest BCUT2D eigenvalue weighted by molar-refractivity contribution is 0.0933. The molecule has 1 aromatic rings. The zero-order chi connectivity index (χ0) is 18.6. The molecular formula is C20H30N2O3S. The van der Waals surface area contributed by atoms with E-state index in [1.807, 2.05) is 6.92 Å². The summed E-state index contributed by atoms with van der Waals surface area (Å²) in [5, 5.41) is 3.10. The number of hydrogen-bond donors (Lipinski definition) is 1. The van der Waals surface area contributed by atoms with Crippen LogP contribution in [0.4, 0.5) is 0 Å². The van der Waals surface area contributed by atoms with Gasteiger partial charge in [-0.2, -0.15) is 4.31 Å². The van der Waals surface area contributed by atoms with E-state index in [-0.39, 0.29) is 22.9 Å². The SMILES string of the molecule is C[C@H]1CCCCN1S(=O)(=O)c1ccc(C(=O)NC2CCCCCC2)cc1. The lowest BCUT2D eigenvalue weighted by Gasteiger charge is -2.32. The third-order valence-electron chi connectivity index (χ3n) is 5.66. The van der Waals surface area contributed by atoms with Crippen molar-refractivity contribution in [3.05, 3.63) is 29.8 Å². The Kier molecular flexibility index (Phi) is 6.35. The van der Waals surface area contributed by atoms with Crippen molar-refractivity contribution >= 4 is 15.9 Å². The average molecular weight is 379 g/mol. The Balaban J connectivity index is 1.68. The molecule has 0 bridgehead atoms. The van der Waals surface area contributed by atoms with Gasteiger partial charge in [-0.1, -0.05) is 32.1 Å². The lowest BCUT2D eigenvalue weighted by Crippen LogP contribution is -2.41. The largest absolute Gasteiger partial charge is 0.349 e. The molecule has 1 heterocycles. The van der Waals surface area contributed by atoms with E-state index in [0.29, 0.717) is 12.1 Å². The van der Waals surface area contributed by atoms with Crippen molar-refractivity contribution in [3.63, 3.8) is 0 Å². The zero-order valence-electron chi connectivity index (χ0n) is 15.6. The minimum Gasteiger partial charge on any atom is -0.349 e. The van der Waals surface area contributed by atoms with Gasteiger partial charge in [-0.3, -0.25) is 4.79 Å². The van der Waals surface area contributed by atoms with Gasteiger partial charge in [-0.15, -0.1) is 0 Å². The molecule has 1 amide bonds. The van der Waals surface area contributed by atoms with Crippen molar-refractivity contribution in [1.29, 1.82) is 0 Å². The molecule has 0 unspecified atom stereocenters.